The van der Waals surface area contributed by atoms with Gasteiger partial charge in [0, 0.05) is 25.3 Å². The van der Waals surface area contributed by atoms with Crippen molar-refractivity contribution in [2.45, 2.75) is 33.2 Å². The standard InChI is InChI=1S/C15H21N3O3/c1-10(2)17-12-11(5-4-7-16-12)13(19)18-8-6-15(3,9-18)14(20)21/h4-5,7,10H,6,8-9H2,1-3H3,(H,16,17)(H,20,21). The van der Waals surface area contributed by atoms with Gasteiger partial charge < -0.3 is 15.3 Å². The number of rotatable bonds is 4. The summed E-state index contributed by atoms with van der Waals surface area (Å²) in [6.07, 6.45) is 2.11. The van der Waals surface area contributed by atoms with Gasteiger partial charge in [0.05, 0.1) is 11.0 Å². The molecule has 2 heterocycles. The number of nitrogens with zero attached hydrogens (tertiary/aromatic N) is 2. The first-order valence-electron chi connectivity index (χ1n) is 7.08. The van der Waals surface area contributed by atoms with E-state index in [0.717, 1.165) is 0 Å². The van der Waals surface area contributed by atoms with Gasteiger partial charge in [0.2, 0.25) is 0 Å². The molecule has 0 bridgehead atoms. The number of nitrogens with one attached hydrogen (secondary N) is 1. The second-order valence-electron chi connectivity index (χ2n) is 6.04. The van der Waals surface area contributed by atoms with Crippen molar-refractivity contribution in [2.75, 3.05) is 18.4 Å². The van der Waals surface area contributed by atoms with Crippen LogP contribution < -0.4 is 5.32 Å². The third-order valence-electron chi connectivity index (χ3n) is 3.74. The van der Waals surface area contributed by atoms with Gasteiger partial charge in [-0.3, -0.25) is 9.59 Å². The third kappa shape index (κ3) is 3.15. The average Bonchev–Trinajstić information content (AvgIpc) is 2.82. The Balaban J connectivity index is 2.20. The van der Waals surface area contributed by atoms with Gasteiger partial charge in [-0.05, 0) is 39.3 Å². The zero-order valence-corrected chi connectivity index (χ0v) is 12.6. The predicted octanol–water partition coefficient (Wildman–Crippen LogP) is 1.84. The first kappa shape index (κ1) is 15.3. The zero-order chi connectivity index (χ0) is 15.6. The van der Waals surface area contributed by atoms with Crippen LogP contribution in [0.2, 0.25) is 0 Å². The number of aromatic nitrogens is 1. The fourth-order valence-corrected chi connectivity index (χ4v) is 2.45. The SMILES string of the molecule is CC(C)Nc1ncccc1C(=O)N1CCC(C)(C(=O)O)C1. The Kier molecular flexibility index (Phi) is 4.16. The number of carbonyl (C=O) groups is 2. The van der Waals surface area contributed by atoms with Crippen LogP contribution in [0.3, 0.4) is 0 Å². The fourth-order valence-electron chi connectivity index (χ4n) is 2.45. The molecule has 1 saturated heterocycles. The van der Waals surface area contributed by atoms with Crippen molar-refractivity contribution >= 4 is 17.7 Å². The molecular weight excluding hydrogens is 270 g/mol. The molecule has 1 atom stereocenters. The molecule has 0 aliphatic carbocycles. The molecule has 1 unspecified atom stereocenters. The van der Waals surface area contributed by atoms with Crippen molar-refractivity contribution in [2.24, 2.45) is 5.41 Å². The molecule has 0 saturated carbocycles. The van der Waals surface area contributed by atoms with E-state index in [9.17, 15) is 14.7 Å². The monoisotopic (exact) mass is 291 g/mol. The van der Waals surface area contributed by atoms with E-state index in [0.29, 0.717) is 24.3 Å². The summed E-state index contributed by atoms with van der Waals surface area (Å²) in [5, 5.41) is 12.4. The Hall–Kier alpha value is -2.11. The number of amides is 1. The molecule has 0 radical (unpaired) electrons. The van der Waals surface area contributed by atoms with Crippen LogP contribution in [-0.4, -0.2) is 46.0 Å². The maximum absolute atomic E-state index is 12.6. The van der Waals surface area contributed by atoms with Gasteiger partial charge in [-0.1, -0.05) is 0 Å². The van der Waals surface area contributed by atoms with Crippen LogP contribution in [0, 0.1) is 5.41 Å². The quantitative estimate of drug-likeness (QED) is 0.884. The summed E-state index contributed by atoms with van der Waals surface area (Å²) in [5.74, 6) is -0.484. The minimum atomic E-state index is -0.858. The third-order valence-corrected chi connectivity index (χ3v) is 3.74. The normalized spacial score (nSPS) is 21.6. The van der Waals surface area contributed by atoms with Crippen LogP contribution in [0.15, 0.2) is 18.3 Å². The van der Waals surface area contributed by atoms with Gasteiger partial charge in [-0.15, -0.1) is 0 Å². The van der Waals surface area contributed by atoms with Crippen LogP contribution >= 0.6 is 0 Å². The number of carboxylic acids is 1. The van der Waals surface area contributed by atoms with E-state index in [1.807, 2.05) is 13.8 Å². The second-order valence-corrected chi connectivity index (χ2v) is 6.04. The highest BCUT2D eigenvalue weighted by molar-refractivity contribution is 5.99. The van der Waals surface area contributed by atoms with Gasteiger partial charge in [-0.2, -0.15) is 0 Å². The van der Waals surface area contributed by atoms with Crippen LogP contribution in [0.5, 0.6) is 0 Å². The van der Waals surface area contributed by atoms with Crippen molar-refractivity contribution < 1.29 is 14.7 Å². The van der Waals surface area contributed by atoms with Crippen molar-refractivity contribution in [3.63, 3.8) is 0 Å². The number of hydrogen-bond acceptors (Lipinski definition) is 4. The molecule has 114 valence electrons. The molecule has 1 aromatic rings. The van der Waals surface area contributed by atoms with Crippen molar-refractivity contribution in [1.29, 1.82) is 0 Å². The summed E-state index contributed by atoms with van der Waals surface area (Å²) in [6.45, 7) is 6.31. The molecule has 1 aliphatic heterocycles. The fraction of sp³-hybridized carbons (Fsp3) is 0.533. The van der Waals surface area contributed by atoms with Crippen molar-refractivity contribution in [3.05, 3.63) is 23.9 Å². The Morgan fingerprint density at radius 1 is 1.48 bits per heavy atom. The highest BCUT2D eigenvalue weighted by Gasteiger charge is 2.42. The van der Waals surface area contributed by atoms with Crippen molar-refractivity contribution in [3.8, 4) is 0 Å². The molecule has 2 N–H and O–H groups in total. The summed E-state index contributed by atoms with van der Waals surface area (Å²) >= 11 is 0. The van der Waals surface area contributed by atoms with Gasteiger partial charge in [-0.25, -0.2) is 4.98 Å². The molecule has 1 aromatic heterocycles. The first-order valence-corrected chi connectivity index (χ1v) is 7.08. The molecule has 1 fully saturated rings. The van der Waals surface area contributed by atoms with Crippen LogP contribution in [0.1, 0.15) is 37.6 Å². The van der Waals surface area contributed by atoms with E-state index in [1.165, 1.54) is 0 Å². The van der Waals surface area contributed by atoms with E-state index in [1.54, 1.807) is 30.2 Å². The van der Waals surface area contributed by atoms with E-state index < -0.39 is 11.4 Å². The molecular formula is C15H21N3O3. The number of likely N-dealkylation sites (tertiary alicyclic amines) is 1. The highest BCUT2D eigenvalue weighted by atomic mass is 16.4. The van der Waals surface area contributed by atoms with E-state index >= 15 is 0 Å². The number of carbonyl (C=O) groups excluding carboxylic acids is 1. The Labute approximate surface area is 124 Å². The van der Waals surface area contributed by atoms with E-state index in [-0.39, 0.29) is 18.5 Å². The molecule has 0 aromatic carbocycles. The summed E-state index contributed by atoms with van der Waals surface area (Å²) in [4.78, 5) is 29.7. The first-order chi connectivity index (χ1) is 9.83. The smallest absolute Gasteiger partial charge is 0.311 e. The highest BCUT2D eigenvalue weighted by Crippen LogP contribution is 2.31. The molecule has 1 aliphatic rings. The van der Waals surface area contributed by atoms with Gasteiger partial charge in [0.15, 0.2) is 0 Å². The molecule has 6 nitrogen and oxygen atoms in total. The summed E-state index contributed by atoms with van der Waals surface area (Å²) < 4.78 is 0. The lowest BCUT2D eigenvalue weighted by molar-refractivity contribution is -0.147. The Morgan fingerprint density at radius 2 is 2.19 bits per heavy atom. The van der Waals surface area contributed by atoms with E-state index in [2.05, 4.69) is 10.3 Å². The molecule has 0 spiro atoms. The second kappa shape index (κ2) is 5.71. The lowest BCUT2D eigenvalue weighted by Crippen LogP contribution is -2.35. The predicted molar refractivity (Wildman–Crippen MR) is 79.3 cm³/mol. The summed E-state index contributed by atoms with van der Waals surface area (Å²) in [5.41, 5.74) is -0.371. The minimum Gasteiger partial charge on any atom is -0.481 e. The van der Waals surface area contributed by atoms with Gasteiger partial charge in [0.25, 0.3) is 5.91 Å². The molecule has 6 heteroatoms. The van der Waals surface area contributed by atoms with Crippen molar-refractivity contribution in [1.82, 2.24) is 9.88 Å². The van der Waals surface area contributed by atoms with Crippen LogP contribution in [0.25, 0.3) is 0 Å². The van der Waals surface area contributed by atoms with E-state index in [4.69, 9.17) is 0 Å². The zero-order valence-electron chi connectivity index (χ0n) is 12.6. The maximum atomic E-state index is 12.6. The number of pyridine rings is 1. The largest absolute Gasteiger partial charge is 0.481 e. The van der Waals surface area contributed by atoms with Crippen LogP contribution in [-0.2, 0) is 4.79 Å². The Morgan fingerprint density at radius 3 is 2.76 bits per heavy atom. The van der Waals surface area contributed by atoms with Gasteiger partial charge >= 0.3 is 5.97 Å². The molecule has 2 rings (SSSR count). The lowest BCUT2D eigenvalue weighted by Gasteiger charge is -2.21. The number of hydrogen-bond donors (Lipinski definition) is 2. The molecule has 21 heavy (non-hydrogen) atoms. The lowest BCUT2D eigenvalue weighted by atomic mass is 9.90. The summed E-state index contributed by atoms with van der Waals surface area (Å²) in [6, 6.07) is 3.59. The number of anilines is 1. The topological polar surface area (TPSA) is 82.5 Å². The average molecular weight is 291 g/mol. The van der Waals surface area contributed by atoms with Gasteiger partial charge in [0.1, 0.15) is 5.82 Å². The minimum absolute atomic E-state index is 0.161. The Bertz CT molecular complexity index is 559. The number of carboxylic acid groups (broad SMARTS) is 1. The molecule has 1 amide bonds. The van der Waals surface area contributed by atoms with Crippen LogP contribution in [0.4, 0.5) is 5.82 Å². The summed E-state index contributed by atoms with van der Waals surface area (Å²) in [7, 11) is 0. The number of aliphatic carboxylic acids is 1. The maximum Gasteiger partial charge on any atom is 0.311 e.